The number of likely N-dealkylation sites (N-methyl/N-ethyl adjacent to an activating group) is 1. The fourth-order valence-electron chi connectivity index (χ4n) is 1.40. The first-order valence-electron chi connectivity index (χ1n) is 6.85. The molecule has 0 spiro atoms. The van der Waals surface area contributed by atoms with E-state index in [1.807, 2.05) is 0 Å². The standard InChI is InChI=1S/C15H19ClN2O5/c1-10(23-12-6-4-11(16)5-7-12)15(21)22-9-13(19)17-8-14(20)18(2)3/h4-7,10H,8-9H2,1-3H3,(H,17,19)/t10-/m1/s1. The van der Waals surface area contributed by atoms with E-state index >= 15 is 0 Å². The summed E-state index contributed by atoms with van der Waals surface area (Å²) >= 11 is 5.75. The summed E-state index contributed by atoms with van der Waals surface area (Å²) < 4.78 is 10.2. The lowest BCUT2D eigenvalue weighted by Crippen LogP contribution is -2.39. The molecule has 0 aromatic heterocycles. The first kappa shape index (κ1) is 18.8. The monoisotopic (exact) mass is 342 g/mol. The van der Waals surface area contributed by atoms with Crippen LogP contribution in [0.2, 0.25) is 5.02 Å². The lowest BCUT2D eigenvalue weighted by Gasteiger charge is -2.14. The fraction of sp³-hybridized carbons (Fsp3) is 0.400. The van der Waals surface area contributed by atoms with Crippen LogP contribution in [0.5, 0.6) is 5.75 Å². The molecule has 7 nitrogen and oxygen atoms in total. The maximum atomic E-state index is 11.7. The van der Waals surface area contributed by atoms with Crippen LogP contribution >= 0.6 is 11.6 Å². The van der Waals surface area contributed by atoms with Gasteiger partial charge in [-0.15, -0.1) is 0 Å². The first-order valence-corrected chi connectivity index (χ1v) is 7.23. The molecule has 2 amide bonds. The molecule has 0 bridgehead atoms. The number of amides is 2. The summed E-state index contributed by atoms with van der Waals surface area (Å²) in [5.41, 5.74) is 0. The Kier molecular flexibility index (Phi) is 7.34. The Morgan fingerprint density at radius 3 is 2.39 bits per heavy atom. The zero-order valence-corrected chi connectivity index (χ0v) is 13.9. The third-order valence-electron chi connectivity index (χ3n) is 2.74. The van der Waals surface area contributed by atoms with Gasteiger partial charge in [-0.2, -0.15) is 0 Å². The molecule has 1 atom stereocenters. The molecule has 0 unspecified atom stereocenters. The van der Waals surface area contributed by atoms with Crippen LogP contribution in [0.1, 0.15) is 6.92 Å². The summed E-state index contributed by atoms with van der Waals surface area (Å²) in [5.74, 6) is -1.05. The number of nitrogens with zero attached hydrogens (tertiary/aromatic N) is 1. The van der Waals surface area contributed by atoms with Gasteiger partial charge in [0.2, 0.25) is 5.91 Å². The van der Waals surface area contributed by atoms with E-state index in [9.17, 15) is 14.4 Å². The summed E-state index contributed by atoms with van der Waals surface area (Å²) in [7, 11) is 3.15. The molecule has 0 saturated heterocycles. The number of esters is 1. The van der Waals surface area contributed by atoms with Crippen LogP contribution in [0.3, 0.4) is 0 Å². The SMILES string of the molecule is C[C@@H](Oc1ccc(Cl)cc1)C(=O)OCC(=O)NCC(=O)N(C)C. The molecule has 0 fully saturated rings. The molecule has 1 aromatic carbocycles. The highest BCUT2D eigenvalue weighted by Gasteiger charge is 2.18. The summed E-state index contributed by atoms with van der Waals surface area (Å²) in [4.78, 5) is 35.9. The highest BCUT2D eigenvalue weighted by Crippen LogP contribution is 2.17. The van der Waals surface area contributed by atoms with E-state index in [4.69, 9.17) is 21.1 Å². The van der Waals surface area contributed by atoms with Crippen molar-refractivity contribution in [3.63, 3.8) is 0 Å². The predicted molar refractivity (Wildman–Crippen MR) is 84.2 cm³/mol. The Labute approximate surface area is 139 Å². The topological polar surface area (TPSA) is 84.9 Å². The molecule has 0 heterocycles. The van der Waals surface area contributed by atoms with E-state index in [1.54, 1.807) is 38.4 Å². The normalized spacial score (nSPS) is 11.3. The molecule has 1 aromatic rings. The van der Waals surface area contributed by atoms with Gasteiger partial charge in [-0.05, 0) is 31.2 Å². The van der Waals surface area contributed by atoms with Gasteiger partial charge in [-0.1, -0.05) is 11.6 Å². The molecule has 0 saturated carbocycles. The van der Waals surface area contributed by atoms with Gasteiger partial charge in [-0.3, -0.25) is 9.59 Å². The van der Waals surface area contributed by atoms with E-state index in [1.165, 1.54) is 11.8 Å². The second-order valence-corrected chi connectivity index (χ2v) is 5.32. The number of carbonyl (C=O) groups excluding carboxylic acids is 3. The van der Waals surface area contributed by atoms with Gasteiger partial charge in [-0.25, -0.2) is 4.79 Å². The highest BCUT2D eigenvalue weighted by molar-refractivity contribution is 6.30. The number of nitrogens with one attached hydrogen (secondary N) is 1. The second kappa shape index (κ2) is 8.99. The molecule has 1 rings (SSSR count). The molecular formula is C15H19ClN2O5. The van der Waals surface area contributed by atoms with Crippen molar-refractivity contribution in [3.8, 4) is 5.75 Å². The van der Waals surface area contributed by atoms with Crippen molar-refractivity contribution in [1.82, 2.24) is 10.2 Å². The summed E-state index contributed by atoms with van der Waals surface area (Å²) in [6.07, 6.45) is -0.882. The van der Waals surface area contributed by atoms with Crippen molar-refractivity contribution in [2.75, 3.05) is 27.2 Å². The molecule has 1 N–H and O–H groups in total. The summed E-state index contributed by atoms with van der Waals surface area (Å²) in [6, 6.07) is 6.49. The summed E-state index contributed by atoms with van der Waals surface area (Å²) in [6.45, 7) is 0.873. The zero-order chi connectivity index (χ0) is 17.4. The minimum atomic E-state index is -0.882. The van der Waals surface area contributed by atoms with Crippen molar-refractivity contribution >= 4 is 29.4 Å². The molecule has 0 aliphatic carbocycles. The number of ether oxygens (including phenoxy) is 2. The van der Waals surface area contributed by atoms with E-state index in [2.05, 4.69) is 5.32 Å². The van der Waals surface area contributed by atoms with Crippen molar-refractivity contribution in [3.05, 3.63) is 29.3 Å². The molecule has 0 radical (unpaired) electrons. The Morgan fingerprint density at radius 1 is 1.22 bits per heavy atom. The molecule has 0 aliphatic rings. The molecular weight excluding hydrogens is 324 g/mol. The first-order chi connectivity index (χ1) is 10.8. The third kappa shape index (κ3) is 7.01. The largest absolute Gasteiger partial charge is 0.479 e. The Balaban J connectivity index is 2.33. The van der Waals surface area contributed by atoms with Gasteiger partial charge < -0.3 is 19.7 Å². The summed E-state index contributed by atoms with van der Waals surface area (Å²) in [5, 5.41) is 2.90. The van der Waals surface area contributed by atoms with E-state index < -0.39 is 24.6 Å². The van der Waals surface area contributed by atoms with Gasteiger partial charge >= 0.3 is 5.97 Å². The van der Waals surface area contributed by atoms with Crippen molar-refractivity contribution in [1.29, 1.82) is 0 Å². The van der Waals surface area contributed by atoms with Crippen molar-refractivity contribution in [2.45, 2.75) is 13.0 Å². The Morgan fingerprint density at radius 2 is 1.83 bits per heavy atom. The van der Waals surface area contributed by atoms with Crippen LogP contribution in [0, 0.1) is 0 Å². The van der Waals surface area contributed by atoms with Crippen molar-refractivity contribution in [2.24, 2.45) is 0 Å². The van der Waals surface area contributed by atoms with Crippen LogP contribution in [0.25, 0.3) is 0 Å². The quantitative estimate of drug-likeness (QED) is 0.743. The van der Waals surface area contributed by atoms with Crippen LogP contribution in [-0.2, 0) is 19.1 Å². The number of rotatable bonds is 7. The molecule has 8 heteroatoms. The minimum Gasteiger partial charge on any atom is -0.479 e. The Bertz CT molecular complexity index is 559. The van der Waals surface area contributed by atoms with E-state index in [0.29, 0.717) is 10.8 Å². The van der Waals surface area contributed by atoms with Gasteiger partial charge in [0.05, 0.1) is 6.54 Å². The van der Waals surface area contributed by atoms with Gasteiger partial charge in [0, 0.05) is 19.1 Å². The van der Waals surface area contributed by atoms with Gasteiger partial charge in [0.1, 0.15) is 5.75 Å². The van der Waals surface area contributed by atoms with Crippen LogP contribution < -0.4 is 10.1 Å². The average Bonchev–Trinajstić information content (AvgIpc) is 2.52. The van der Waals surface area contributed by atoms with Crippen LogP contribution in [0.15, 0.2) is 24.3 Å². The maximum absolute atomic E-state index is 11.7. The van der Waals surface area contributed by atoms with Gasteiger partial charge in [0.25, 0.3) is 5.91 Å². The van der Waals surface area contributed by atoms with E-state index in [0.717, 1.165) is 0 Å². The molecule has 0 aliphatic heterocycles. The highest BCUT2D eigenvalue weighted by atomic mass is 35.5. The zero-order valence-electron chi connectivity index (χ0n) is 13.2. The second-order valence-electron chi connectivity index (χ2n) is 4.89. The minimum absolute atomic E-state index is 0.153. The smallest absolute Gasteiger partial charge is 0.347 e. The Hall–Kier alpha value is -2.28. The average molecular weight is 343 g/mol. The number of benzene rings is 1. The van der Waals surface area contributed by atoms with Gasteiger partial charge in [0.15, 0.2) is 12.7 Å². The third-order valence-corrected chi connectivity index (χ3v) is 2.99. The maximum Gasteiger partial charge on any atom is 0.347 e. The lowest BCUT2D eigenvalue weighted by atomic mass is 10.3. The van der Waals surface area contributed by atoms with Crippen molar-refractivity contribution < 1.29 is 23.9 Å². The lowest BCUT2D eigenvalue weighted by molar-refractivity contribution is -0.154. The number of hydrogen-bond donors (Lipinski definition) is 1. The molecule has 23 heavy (non-hydrogen) atoms. The van der Waals surface area contributed by atoms with Crippen LogP contribution in [-0.4, -0.2) is 56.0 Å². The van der Waals surface area contributed by atoms with E-state index in [-0.39, 0.29) is 12.5 Å². The predicted octanol–water partition coefficient (Wildman–Crippen LogP) is 0.855. The van der Waals surface area contributed by atoms with Crippen LogP contribution in [0.4, 0.5) is 0 Å². The fourth-order valence-corrected chi connectivity index (χ4v) is 1.53. The number of halogens is 1. The number of hydrogen-bond acceptors (Lipinski definition) is 5. The number of carbonyl (C=O) groups is 3. The molecule has 126 valence electrons.